The maximum Gasteiger partial charge on any atom is 0.0539 e. The third-order valence-electron chi connectivity index (χ3n) is 0.783. The van der Waals surface area contributed by atoms with E-state index in [4.69, 9.17) is 5.21 Å². The van der Waals surface area contributed by atoms with E-state index in [0.29, 0.717) is 0 Å². The highest BCUT2D eigenvalue weighted by Crippen LogP contribution is 1.88. The van der Waals surface area contributed by atoms with E-state index in [1.54, 1.807) is 0 Å². The minimum absolute atomic E-state index is 0. The molecule has 0 fully saturated rings. The van der Waals surface area contributed by atoms with Gasteiger partial charge in [0.15, 0.2) is 0 Å². The van der Waals surface area contributed by atoms with Gasteiger partial charge in [-0.15, -0.1) is 0 Å². The first-order valence-electron chi connectivity index (χ1n) is 2.48. The van der Waals surface area contributed by atoms with Crippen LogP contribution in [0.2, 0.25) is 0 Å². The van der Waals surface area contributed by atoms with Crippen molar-refractivity contribution in [2.45, 2.75) is 26.7 Å². The van der Waals surface area contributed by atoms with E-state index in [-0.39, 0.29) is 5.48 Å². The largest absolute Gasteiger partial charge is 0.412 e. The van der Waals surface area contributed by atoms with E-state index in [9.17, 15) is 0 Å². The molecule has 0 aromatic rings. The Morgan fingerprint density at radius 1 is 1.62 bits per heavy atom. The van der Waals surface area contributed by atoms with Crippen LogP contribution >= 0.6 is 0 Å². The minimum Gasteiger partial charge on any atom is -0.412 e. The summed E-state index contributed by atoms with van der Waals surface area (Å²) in [7, 11) is 0. The summed E-state index contributed by atoms with van der Waals surface area (Å²) in [4.78, 5) is 0. The van der Waals surface area contributed by atoms with Crippen molar-refractivity contribution in [1.82, 2.24) is 0 Å². The molecule has 0 unspecified atom stereocenters. The molecule has 0 aliphatic rings. The highest BCUT2D eigenvalue weighted by Gasteiger charge is 1.84. The lowest BCUT2D eigenvalue weighted by Crippen LogP contribution is -1.87. The Kier molecular flexibility index (Phi) is 8.37. The molecule has 0 rings (SSSR count). The van der Waals surface area contributed by atoms with Crippen LogP contribution in [0.1, 0.15) is 26.7 Å². The van der Waals surface area contributed by atoms with Crippen molar-refractivity contribution in [2.24, 2.45) is 5.16 Å². The standard InChI is InChI=1S/C5H11NO.H2O/c1-3-4-5(2)6-7;/h7H,3-4H2,1-2H3;1H2. The Hall–Kier alpha value is -0.570. The van der Waals surface area contributed by atoms with Crippen molar-refractivity contribution in [2.75, 3.05) is 0 Å². The minimum atomic E-state index is 0. The zero-order valence-electron chi connectivity index (χ0n) is 5.31. The molecule has 3 nitrogen and oxygen atoms in total. The van der Waals surface area contributed by atoms with Crippen molar-refractivity contribution < 1.29 is 10.7 Å². The molecule has 8 heavy (non-hydrogen) atoms. The van der Waals surface area contributed by atoms with Crippen LogP contribution < -0.4 is 0 Å². The van der Waals surface area contributed by atoms with Crippen LogP contribution in [0.15, 0.2) is 5.16 Å². The lowest BCUT2D eigenvalue weighted by atomic mass is 10.2. The van der Waals surface area contributed by atoms with E-state index >= 15 is 0 Å². The quantitative estimate of drug-likeness (QED) is 0.326. The summed E-state index contributed by atoms with van der Waals surface area (Å²) in [6.07, 6.45) is 1.95. The first-order valence-corrected chi connectivity index (χ1v) is 2.48. The van der Waals surface area contributed by atoms with E-state index in [0.717, 1.165) is 18.6 Å². The highest BCUT2D eigenvalue weighted by atomic mass is 16.4. The van der Waals surface area contributed by atoms with Crippen molar-refractivity contribution in [3.05, 3.63) is 0 Å². The average molecular weight is 119 g/mol. The molecule has 0 saturated heterocycles. The third-order valence-corrected chi connectivity index (χ3v) is 0.783. The smallest absolute Gasteiger partial charge is 0.0539 e. The summed E-state index contributed by atoms with van der Waals surface area (Å²) >= 11 is 0. The molecule has 0 aromatic carbocycles. The van der Waals surface area contributed by atoms with Gasteiger partial charge in [0.05, 0.1) is 5.71 Å². The second kappa shape index (κ2) is 6.43. The van der Waals surface area contributed by atoms with Gasteiger partial charge in [-0.05, 0) is 13.3 Å². The molecular formula is C5H13NO2. The molecule has 0 saturated carbocycles. The zero-order chi connectivity index (χ0) is 5.70. The van der Waals surface area contributed by atoms with Gasteiger partial charge in [0, 0.05) is 0 Å². The number of rotatable bonds is 2. The summed E-state index contributed by atoms with van der Waals surface area (Å²) < 4.78 is 0. The van der Waals surface area contributed by atoms with Crippen LogP contribution in [0.4, 0.5) is 0 Å². The molecular weight excluding hydrogens is 106 g/mol. The molecule has 0 bridgehead atoms. The van der Waals surface area contributed by atoms with Gasteiger partial charge in [-0.1, -0.05) is 18.5 Å². The van der Waals surface area contributed by atoms with Crippen LogP contribution in [-0.2, 0) is 0 Å². The Labute approximate surface area is 49.3 Å². The summed E-state index contributed by atoms with van der Waals surface area (Å²) in [5, 5.41) is 11.0. The van der Waals surface area contributed by atoms with Crippen molar-refractivity contribution in [1.29, 1.82) is 0 Å². The first kappa shape index (κ1) is 10.4. The Balaban J connectivity index is 0. The van der Waals surface area contributed by atoms with Crippen LogP contribution in [-0.4, -0.2) is 16.4 Å². The number of hydrogen-bond donors (Lipinski definition) is 1. The van der Waals surface area contributed by atoms with E-state index < -0.39 is 0 Å². The molecule has 0 spiro atoms. The fourth-order valence-corrected chi connectivity index (χ4v) is 0.412. The topological polar surface area (TPSA) is 64.1 Å². The average Bonchev–Trinajstić information content (AvgIpc) is 1.68. The summed E-state index contributed by atoms with van der Waals surface area (Å²) in [6.45, 7) is 3.86. The molecule has 0 atom stereocenters. The van der Waals surface area contributed by atoms with Gasteiger partial charge >= 0.3 is 0 Å². The van der Waals surface area contributed by atoms with Gasteiger partial charge in [0.1, 0.15) is 0 Å². The van der Waals surface area contributed by atoms with Gasteiger partial charge < -0.3 is 10.7 Å². The van der Waals surface area contributed by atoms with E-state index in [1.807, 2.05) is 6.92 Å². The molecule has 3 N–H and O–H groups in total. The van der Waals surface area contributed by atoms with Crippen LogP contribution in [0.5, 0.6) is 0 Å². The normalized spacial score (nSPS) is 10.5. The molecule has 0 aromatic heterocycles. The van der Waals surface area contributed by atoms with Gasteiger partial charge in [-0.25, -0.2) is 0 Å². The number of hydrogen-bond acceptors (Lipinski definition) is 2. The SMILES string of the molecule is CCCC(C)=NO.O. The molecule has 0 aliphatic heterocycles. The fourth-order valence-electron chi connectivity index (χ4n) is 0.412. The van der Waals surface area contributed by atoms with Crippen LogP contribution in [0.25, 0.3) is 0 Å². The molecule has 0 amide bonds. The molecule has 0 heterocycles. The summed E-state index contributed by atoms with van der Waals surface area (Å²) in [5.74, 6) is 0. The van der Waals surface area contributed by atoms with Crippen molar-refractivity contribution in [3.63, 3.8) is 0 Å². The van der Waals surface area contributed by atoms with Gasteiger partial charge in [0.25, 0.3) is 0 Å². The second-order valence-corrected chi connectivity index (χ2v) is 1.59. The molecule has 0 radical (unpaired) electrons. The van der Waals surface area contributed by atoms with Gasteiger partial charge in [0.2, 0.25) is 0 Å². The summed E-state index contributed by atoms with van der Waals surface area (Å²) in [5.41, 5.74) is 0.808. The van der Waals surface area contributed by atoms with E-state index in [2.05, 4.69) is 12.1 Å². The second-order valence-electron chi connectivity index (χ2n) is 1.59. The lowest BCUT2D eigenvalue weighted by Gasteiger charge is -1.87. The van der Waals surface area contributed by atoms with Crippen LogP contribution in [0, 0.1) is 0 Å². The number of nitrogens with zero attached hydrogens (tertiary/aromatic N) is 1. The first-order chi connectivity index (χ1) is 3.31. The van der Waals surface area contributed by atoms with Gasteiger partial charge in [-0.2, -0.15) is 0 Å². The Bertz CT molecular complexity index is 70.8. The third kappa shape index (κ3) is 5.43. The van der Waals surface area contributed by atoms with Crippen molar-refractivity contribution in [3.8, 4) is 0 Å². The molecule has 0 aliphatic carbocycles. The maximum atomic E-state index is 8.05. The monoisotopic (exact) mass is 119 g/mol. The van der Waals surface area contributed by atoms with Gasteiger partial charge in [-0.3, -0.25) is 0 Å². The predicted octanol–water partition coefficient (Wildman–Crippen LogP) is 0.812. The maximum absolute atomic E-state index is 8.05. The Morgan fingerprint density at radius 2 is 2.12 bits per heavy atom. The molecule has 3 heteroatoms. The molecule has 50 valence electrons. The summed E-state index contributed by atoms with van der Waals surface area (Å²) in [6, 6.07) is 0. The Morgan fingerprint density at radius 3 is 2.25 bits per heavy atom. The van der Waals surface area contributed by atoms with Crippen LogP contribution in [0.3, 0.4) is 0 Å². The number of oxime groups is 1. The van der Waals surface area contributed by atoms with Crippen molar-refractivity contribution >= 4 is 5.71 Å². The lowest BCUT2D eigenvalue weighted by molar-refractivity contribution is 0.317. The fraction of sp³-hybridized carbons (Fsp3) is 0.800. The zero-order valence-corrected chi connectivity index (χ0v) is 5.31. The van der Waals surface area contributed by atoms with E-state index in [1.165, 1.54) is 0 Å². The predicted molar refractivity (Wildman–Crippen MR) is 33.4 cm³/mol. The highest BCUT2D eigenvalue weighted by molar-refractivity contribution is 5.81.